The average molecular weight is 322 g/mol. The second-order valence-corrected chi connectivity index (χ2v) is 6.11. The molecule has 0 saturated heterocycles. The molecule has 1 atom stereocenters. The zero-order valence-electron chi connectivity index (χ0n) is 13.7. The first kappa shape index (κ1) is 14.8. The molecule has 0 unspecified atom stereocenters. The van der Waals surface area contributed by atoms with E-state index in [0.29, 0.717) is 6.42 Å². The first-order chi connectivity index (χ1) is 11.6. The first-order valence-corrected chi connectivity index (χ1v) is 7.96. The number of amides is 1. The van der Waals surface area contributed by atoms with Crippen LogP contribution in [0.1, 0.15) is 36.1 Å². The summed E-state index contributed by atoms with van der Waals surface area (Å²) < 4.78 is 10.8. The van der Waals surface area contributed by atoms with Crippen LogP contribution in [0.3, 0.4) is 0 Å². The number of hydrogen-bond acceptors (Lipinski definition) is 4. The number of ether oxygens (including phenoxy) is 2. The highest BCUT2D eigenvalue weighted by Crippen LogP contribution is 2.37. The van der Waals surface area contributed by atoms with Gasteiger partial charge in [0.1, 0.15) is 0 Å². The van der Waals surface area contributed by atoms with Crippen LogP contribution in [-0.2, 0) is 4.79 Å². The number of carbonyl (C=O) groups is 1. The quantitative estimate of drug-likeness (QED) is 0.851. The molecule has 0 bridgehead atoms. The number of hydrogen-bond donors (Lipinski definition) is 0. The second kappa shape index (κ2) is 5.67. The third-order valence-corrected chi connectivity index (χ3v) is 4.40. The van der Waals surface area contributed by atoms with Crippen LogP contribution in [-0.4, -0.2) is 23.4 Å². The van der Waals surface area contributed by atoms with Gasteiger partial charge in [-0.05, 0) is 30.7 Å². The van der Waals surface area contributed by atoms with Gasteiger partial charge in [-0.3, -0.25) is 4.79 Å². The number of hydrazone groups is 1. The summed E-state index contributed by atoms with van der Waals surface area (Å²) >= 11 is 0. The van der Waals surface area contributed by atoms with Gasteiger partial charge in [0.15, 0.2) is 11.5 Å². The molecule has 4 rings (SSSR count). The van der Waals surface area contributed by atoms with Crippen LogP contribution in [0, 0.1) is 6.92 Å². The zero-order valence-corrected chi connectivity index (χ0v) is 13.7. The van der Waals surface area contributed by atoms with E-state index in [1.807, 2.05) is 18.2 Å². The minimum atomic E-state index is -0.0662. The molecule has 0 N–H and O–H groups in total. The van der Waals surface area contributed by atoms with Gasteiger partial charge >= 0.3 is 0 Å². The molecule has 2 aromatic carbocycles. The molecule has 2 aromatic rings. The average Bonchev–Trinajstić information content (AvgIpc) is 3.21. The SMILES string of the molecule is CC(=O)N1N=C(c2ccc3c(c2)OCO3)C[C@H]1c1ccc(C)cc1. The Morgan fingerprint density at radius 2 is 1.88 bits per heavy atom. The molecule has 0 aliphatic carbocycles. The van der Waals surface area contributed by atoms with Gasteiger partial charge in [-0.15, -0.1) is 0 Å². The van der Waals surface area contributed by atoms with Crippen LogP contribution >= 0.6 is 0 Å². The van der Waals surface area contributed by atoms with Crippen molar-refractivity contribution < 1.29 is 14.3 Å². The molecule has 1 amide bonds. The molecule has 0 aromatic heterocycles. The normalized spacial score (nSPS) is 18.7. The summed E-state index contributed by atoms with van der Waals surface area (Å²) in [6, 6.07) is 14.0. The van der Waals surface area contributed by atoms with Gasteiger partial charge in [0.2, 0.25) is 12.7 Å². The Kier molecular flexibility index (Phi) is 3.49. The van der Waals surface area contributed by atoms with Crippen LogP contribution in [0.25, 0.3) is 0 Å². The molecule has 2 aliphatic rings. The van der Waals surface area contributed by atoms with Gasteiger partial charge in [0.25, 0.3) is 0 Å². The lowest BCUT2D eigenvalue weighted by Gasteiger charge is -2.20. The maximum atomic E-state index is 12.0. The predicted octanol–water partition coefficient (Wildman–Crippen LogP) is 3.42. The Morgan fingerprint density at radius 3 is 2.62 bits per heavy atom. The Hall–Kier alpha value is -2.82. The van der Waals surface area contributed by atoms with Crippen molar-refractivity contribution in [2.24, 2.45) is 5.10 Å². The Morgan fingerprint density at radius 1 is 1.12 bits per heavy atom. The molecule has 122 valence electrons. The molecule has 5 heteroatoms. The number of aryl methyl sites for hydroxylation is 1. The standard InChI is InChI=1S/C19H18N2O3/c1-12-3-5-14(6-4-12)17-10-16(20-21(17)13(2)22)15-7-8-18-19(9-15)24-11-23-18/h3-9,17H,10-11H2,1-2H3/t17-/m0/s1. The van der Waals surface area contributed by atoms with Gasteiger partial charge in [0, 0.05) is 18.9 Å². The van der Waals surface area contributed by atoms with Crippen LogP contribution in [0.4, 0.5) is 0 Å². The zero-order chi connectivity index (χ0) is 16.7. The van der Waals surface area contributed by atoms with Crippen molar-refractivity contribution in [1.29, 1.82) is 0 Å². The van der Waals surface area contributed by atoms with E-state index in [1.54, 1.807) is 11.9 Å². The lowest BCUT2D eigenvalue weighted by Crippen LogP contribution is -2.24. The topological polar surface area (TPSA) is 51.1 Å². The van der Waals surface area contributed by atoms with E-state index in [9.17, 15) is 4.79 Å². The highest BCUT2D eigenvalue weighted by molar-refractivity contribution is 6.03. The molecule has 5 nitrogen and oxygen atoms in total. The summed E-state index contributed by atoms with van der Waals surface area (Å²) in [6.07, 6.45) is 0.683. The molecule has 2 heterocycles. The van der Waals surface area contributed by atoms with E-state index in [0.717, 1.165) is 28.3 Å². The fourth-order valence-electron chi connectivity index (χ4n) is 3.10. The molecule has 0 radical (unpaired) electrons. The first-order valence-electron chi connectivity index (χ1n) is 7.96. The van der Waals surface area contributed by atoms with Crippen molar-refractivity contribution >= 4 is 11.6 Å². The van der Waals surface area contributed by atoms with E-state index >= 15 is 0 Å². The highest BCUT2D eigenvalue weighted by atomic mass is 16.7. The smallest absolute Gasteiger partial charge is 0.240 e. The third-order valence-electron chi connectivity index (χ3n) is 4.40. The Labute approximate surface area is 140 Å². The number of rotatable bonds is 2. The minimum Gasteiger partial charge on any atom is -0.454 e. The molecule has 2 aliphatic heterocycles. The van der Waals surface area contributed by atoms with Crippen LogP contribution in [0.2, 0.25) is 0 Å². The predicted molar refractivity (Wildman–Crippen MR) is 90.2 cm³/mol. The van der Waals surface area contributed by atoms with Crippen molar-refractivity contribution in [2.45, 2.75) is 26.3 Å². The largest absolute Gasteiger partial charge is 0.454 e. The van der Waals surface area contributed by atoms with Crippen molar-refractivity contribution in [3.8, 4) is 11.5 Å². The maximum Gasteiger partial charge on any atom is 0.240 e. The monoisotopic (exact) mass is 322 g/mol. The highest BCUT2D eigenvalue weighted by Gasteiger charge is 2.31. The summed E-state index contributed by atoms with van der Waals surface area (Å²) in [5.41, 5.74) is 4.13. The summed E-state index contributed by atoms with van der Waals surface area (Å²) in [5.74, 6) is 1.41. The molecule has 0 fully saturated rings. The second-order valence-electron chi connectivity index (χ2n) is 6.11. The van der Waals surface area contributed by atoms with E-state index in [2.05, 4.69) is 36.3 Å². The van der Waals surface area contributed by atoms with Crippen LogP contribution in [0.5, 0.6) is 11.5 Å². The summed E-state index contributed by atoms with van der Waals surface area (Å²) in [6.45, 7) is 3.85. The van der Waals surface area contributed by atoms with Crippen molar-refractivity contribution in [2.75, 3.05) is 6.79 Å². The van der Waals surface area contributed by atoms with Crippen molar-refractivity contribution in [1.82, 2.24) is 5.01 Å². The fourth-order valence-corrected chi connectivity index (χ4v) is 3.10. The van der Waals surface area contributed by atoms with E-state index in [4.69, 9.17) is 9.47 Å². The maximum absolute atomic E-state index is 12.0. The lowest BCUT2D eigenvalue weighted by atomic mass is 9.97. The number of nitrogens with zero attached hydrogens (tertiary/aromatic N) is 2. The van der Waals surface area contributed by atoms with Crippen LogP contribution < -0.4 is 9.47 Å². The van der Waals surface area contributed by atoms with Crippen LogP contribution in [0.15, 0.2) is 47.6 Å². The summed E-state index contributed by atoms with van der Waals surface area (Å²) in [7, 11) is 0. The lowest BCUT2D eigenvalue weighted by molar-refractivity contribution is -0.130. The van der Waals surface area contributed by atoms with Gasteiger partial charge in [0.05, 0.1) is 11.8 Å². The Bertz CT molecular complexity index is 827. The molecule has 24 heavy (non-hydrogen) atoms. The van der Waals surface area contributed by atoms with Crippen molar-refractivity contribution in [3.05, 3.63) is 59.2 Å². The molecular weight excluding hydrogens is 304 g/mol. The molecule has 0 spiro atoms. The van der Waals surface area contributed by atoms with E-state index in [1.165, 1.54) is 5.56 Å². The number of benzene rings is 2. The van der Waals surface area contributed by atoms with Gasteiger partial charge in [-0.1, -0.05) is 29.8 Å². The summed E-state index contributed by atoms with van der Waals surface area (Å²) in [4.78, 5) is 12.0. The van der Waals surface area contributed by atoms with E-state index < -0.39 is 0 Å². The molecular formula is C19H18N2O3. The van der Waals surface area contributed by atoms with Crippen molar-refractivity contribution in [3.63, 3.8) is 0 Å². The van der Waals surface area contributed by atoms with Gasteiger partial charge < -0.3 is 9.47 Å². The fraction of sp³-hybridized carbons (Fsp3) is 0.263. The van der Waals surface area contributed by atoms with Gasteiger partial charge in [-0.25, -0.2) is 5.01 Å². The number of carbonyl (C=O) groups excluding carboxylic acids is 1. The third kappa shape index (κ3) is 2.52. The van der Waals surface area contributed by atoms with Gasteiger partial charge in [-0.2, -0.15) is 5.10 Å². The number of fused-ring (bicyclic) bond motifs is 1. The van der Waals surface area contributed by atoms with E-state index in [-0.39, 0.29) is 18.7 Å². The minimum absolute atomic E-state index is 0.0590. The molecule has 0 saturated carbocycles. The summed E-state index contributed by atoms with van der Waals surface area (Å²) in [5, 5.41) is 6.14. The Balaban J connectivity index is 1.66.